The van der Waals surface area contributed by atoms with Gasteiger partial charge in [-0.2, -0.15) is 0 Å². The molecule has 0 bridgehead atoms. The Kier molecular flexibility index (Phi) is 5.00. The third-order valence-electron chi connectivity index (χ3n) is 4.87. The summed E-state index contributed by atoms with van der Waals surface area (Å²) in [5.41, 5.74) is 2.95. The summed E-state index contributed by atoms with van der Waals surface area (Å²) in [5.74, 6) is 0.950. The van der Waals surface area contributed by atoms with Gasteiger partial charge in [-0.3, -0.25) is 0 Å². The summed E-state index contributed by atoms with van der Waals surface area (Å²) in [6.45, 7) is 2.94. The summed E-state index contributed by atoms with van der Waals surface area (Å²) >= 11 is 6.15. The van der Waals surface area contributed by atoms with Gasteiger partial charge in [0.15, 0.2) is 0 Å². The number of H-pyrrole nitrogens is 1. The SMILES string of the molecule is CN1CCC(Oc2ccc(CNc3cnc4[nH]cc(Cl)c4c3)cc2)CC1. The normalized spacial score (nSPS) is 16.1. The Labute approximate surface area is 158 Å². The molecule has 0 aliphatic carbocycles. The predicted molar refractivity (Wildman–Crippen MR) is 106 cm³/mol. The Balaban J connectivity index is 1.34. The molecule has 0 spiro atoms. The fourth-order valence-electron chi connectivity index (χ4n) is 3.25. The molecule has 3 heterocycles. The van der Waals surface area contributed by atoms with Gasteiger partial charge in [0, 0.05) is 31.2 Å². The smallest absolute Gasteiger partial charge is 0.138 e. The van der Waals surface area contributed by atoms with E-state index in [1.807, 2.05) is 12.3 Å². The topological polar surface area (TPSA) is 53.2 Å². The summed E-state index contributed by atoms with van der Waals surface area (Å²) in [5, 5.41) is 5.01. The number of hydrogen-bond acceptors (Lipinski definition) is 4. The summed E-state index contributed by atoms with van der Waals surface area (Å²) in [6, 6.07) is 10.3. The molecule has 0 radical (unpaired) electrons. The largest absolute Gasteiger partial charge is 0.490 e. The number of benzene rings is 1. The number of nitrogens with zero attached hydrogens (tertiary/aromatic N) is 2. The zero-order valence-electron chi connectivity index (χ0n) is 14.8. The number of aromatic amines is 1. The van der Waals surface area contributed by atoms with Crippen LogP contribution in [0.4, 0.5) is 5.69 Å². The van der Waals surface area contributed by atoms with Crippen molar-refractivity contribution in [3.05, 3.63) is 53.3 Å². The first-order valence-electron chi connectivity index (χ1n) is 8.98. The van der Waals surface area contributed by atoms with Gasteiger partial charge in [0.2, 0.25) is 0 Å². The van der Waals surface area contributed by atoms with Crippen LogP contribution in [0.25, 0.3) is 11.0 Å². The third kappa shape index (κ3) is 3.94. The van der Waals surface area contributed by atoms with E-state index in [0.29, 0.717) is 11.1 Å². The predicted octanol–water partition coefficient (Wildman–Crippen LogP) is 4.30. The van der Waals surface area contributed by atoms with Gasteiger partial charge in [-0.1, -0.05) is 23.7 Å². The summed E-state index contributed by atoms with van der Waals surface area (Å²) in [7, 11) is 2.16. The molecule has 0 atom stereocenters. The molecule has 0 saturated carbocycles. The van der Waals surface area contributed by atoms with E-state index in [4.69, 9.17) is 16.3 Å². The molecule has 136 valence electrons. The molecule has 1 saturated heterocycles. The first-order chi connectivity index (χ1) is 12.7. The van der Waals surface area contributed by atoms with Crippen molar-refractivity contribution in [2.45, 2.75) is 25.5 Å². The van der Waals surface area contributed by atoms with E-state index in [-0.39, 0.29) is 0 Å². The number of likely N-dealkylation sites (tertiary alicyclic amines) is 1. The number of halogens is 1. The summed E-state index contributed by atoms with van der Waals surface area (Å²) in [4.78, 5) is 9.76. The van der Waals surface area contributed by atoms with Crippen LogP contribution in [-0.4, -0.2) is 41.1 Å². The Morgan fingerprint density at radius 1 is 1.27 bits per heavy atom. The van der Waals surface area contributed by atoms with Crippen LogP contribution in [0.15, 0.2) is 42.7 Å². The van der Waals surface area contributed by atoms with Gasteiger partial charge in [-0.25, -0.2) is 4.98 Å². The number of piperidine rings is 1. The monoisotopic (exact) mass is 370 g/mol. The molecule has 2 aromatic heterocycles. The minimum absolute atomic E-state index is 0.332. The molecular formula is C20H23ClN4O. The molecular weight excluding hydrogens is 348 g/mol. The van der Waals surface area contributed by atoms with Crippen LogP contribution in [0.3, 0.4) is 0 Å². The van der Waals surface area contributed by atoms with E-state index in [1.165, 1.54) is 5.56 Å². The highest BCUT2D eigenvalue weighted by molar-refractivity contribution is 6.35. The standard InChI is InChI=1S/C20H23ClN4O/c1-25-8-6-17(7-9-25)26-16-4-2-14(3-5-16)11-22-15-10-18-19(21)13-24-20(18)23-12-15/h2-5,10,12-13,17,22H,6-9,11H2,1H3,(H,23,24). The first kappa shape index (κ1) is 17.2. The van der Waals surface area contributed by atoms with Gasteiger partial charge in [-0.15, -0.1) is 0 Å². The van der Waals surface area contributed by atoms with Gasteiger partial charge in [-0.05, 0) is 43.7 Å². The van der Waals surface area contributed by atoms with Gasteiger partial charge < -0.3 is 19.9 Å². The highest BCUT2D eigenvalue weighted by atomic mass is 35.5. The molecule has 2 N–H and O–H groups in total. The Hall–Kier alpha value is -2.24. The van der Waals surface area contributed by atoms with Crippen molar-refractivity contribution in [3.8, 4) is 5.75 Å². The minimum atomic E-state index is 0.332. The van der Waals surface area contributed by atoms with Crippen LogP contribution < -0.4 is 10.1 Å². The fourth-order valence-corrected chi connectivity index (χ4v) is 3.45. The molecule has 1 fully saturated rings. The number of pyridine rings is 1. The molecule has 4 rings (SSSR count). The number of ether oxygens (including phenoxy) is 1. The van der Waals surface area contributed by atoms with E-state index in [2.05, 4.69) is 51.5 Å². The second-order valence-corrected chi connectivity index (χ2v) is 7.28. The highest BCUT2D eigenvalue weighted by Crippen LogP contribution is 2.24. The van der Waals surface area contributed by atoms with Crippen LogP contribution in [0.5, 0.6) is 5.75 Å². The lowest BCUT2D eigenvalue weighted by molar-refractivity contribution is 0.114. The Morgan fingerprint density at radius 3 is 2.81 bits per heavy atom. The highest BCUT2D eigenvalue weighted by Gasteiger charge is 2.17. The fraction of sp³-hybridized carbons (Fsp3) is 0.350. The lowest BCUT2D eigenvalue weighted by Gasteiger charge is -2.29. The molecule has 26 heavy (non-hydrogen) atoms. The summed E-state index contributed by atoms with van der Waals surface area (Å²) in [6.07, 6.45) is 6.09. The average molecular weight is 371 g/mol. The van der Waals surface area contributed by atoms with Gasteiger partial charge in [0.05, 0.1) is 16.9 Å². The van der Waals surface area contributed by atoms with Crippen LogP contribution >= 0.6 is 11.6 Å². The maximum atomic E-state index is 6.15. The Morgan fingerprint density at radius 2 is 2.04 bits per heavy atom. The number of nitrogens with one attached hydrogen (secondary N) is 2. The molecule has 1 aliphatic heterocycles. The van der Waals surface area contributed by atoms with Crippen molar-refractivity contribution in [1.82, 2.24) is 14.9 Å². The number of fused-ring (bicyclic) bond motifs is 1. The number of hydrogen-bond donors (Lipinski definition) is 2. The van der Waals surface area contributed by atoms with Crippen LogP contribution in [0.1, 0.15) is 18.4 Å². The van der Waals surface area contributed by atoms with E-state index < -0.39 is 0 Å². The molecule has 3 aromatic rings. The van der Waals surface area contributed by atoms with Gasteiger partial charge in [0.1, 0.15) is 17.5 Å². The first-order valence-corrected chi connectivity index (χ1v) is 9.36. The second-order valence-electron chi connectivity index (χ2n) is 6.87. The van der Waals surface area contributed by atoms with E-state index in [9.17, 15) is 0 Å². The molecule has 5 nitrogen and oxygen atoms in total. The third-order valence-corrected chi connectivity index (χ3v) is 5.18. The lowest BCUT2D eigenvalue weighted by Crippen LogP contribution is -2.35. The van der Waals surface area contributed by atoms with Gasteiger partial charge in [0.25, 0.3) is 0 Å². The second kappa shape index (κ2) is 7.56. The number of anilines is 1. The number of rotatable bonds is 5. The molecule has 1 aromatic carbocycles. The molecule has 0 unspecified atom stereocenters. The van der Waals surface area contributed by atoms with Crippen molar-refractivity contribution >= 4 is 28.3 Å². The lowest BCUT2D eigenvalue weighted by atomic mass is 10.1. The van der Waals surface area contributed by atoms with Crippen molar-refractivity contribution in [2.75, 3.05) is 25.5 Å². The van der Waals surface area contributed by atoms with Gasteiger partial charge >= 0.3 is 0 Å². The van der Waals surface area contributed by atoms with Crippen molar-refractivity contribution in [1.29, 1.82) is 0 Å². The van der Waals surface area contributed by atoms with E-state index in [0.717, 1.165) is 54.9 Å². The zero-order chi connectivity index (χ0) is 17.9. The van der Waals surface area contributed by atoms with E-state index in [1.54, 1.807) is 6.20 Å². The number of aromatic nitrogens is 2. The van der Waals surface area contributed by atoms with Crippen LogP contribution in [0, 0.1) is 0 Å². The minimum Gasteiger partial charge on any atom is -0.490 e. The van der Waals surface area contributed by atoms with Crippen molar-refractivity contribution in [3.63, 3.8) is 0 Å². The Bertz CT molecular complexity index is 869. The summed E-state index contributed by atoms with van der Waals surface area (Å²) < 4.78 is 6.10. The maximum absolute atomic E-state index is 6.15. The average Bonchev–Trinajstić information content (AvgIpc) is 3.04. The maximum Gasteiger partial charge on any atom is 0.138 e. The zero-order valence-corrected chi connectivity index (χ0v) is 15.6. The quantitative estimate of drug-likeness (QED) is 0.703. The molecule has 0 amide bonds. The van der Waals surface area contributed by atoms with Crippen molar-refractivity contribution < 1.29 is 4.74 Å². The van der Waals surface area contributed by atoms with Crippen LogP contribution in [0.2, 0.25) is 5.02 Å². The van der Waals surface area contributed by atoms with E-state index >= 15 is 0 Å². The van der Waals surface area contributed by atoms with Crippen molar-refractivity contribution in [2.24, 2.45) is 0 Å². The van der Waals surface area contributed by atoms with Crippen LogP contribution in [-0.2, 0) is 6.54 Å². The molecule has 6 heteroatoms. The molecule has 1 aliphatic rings.